The number of pyridine rings is 1. The Bertz CT molecular complexity index is 818. The minimum Gasteiger partial charge on any atom is -0.494 e. The Morgan fingerprint density at radius 3 is 2.35 bits per heavy atom. The summed E-state index contributed by atoms with van der Waals surface area (Å²) in [6.07, 6.45) is 9.29. The van der Waals surface area contributed by atoms with E-state index in [0.29, 0.717) is 44.0 Å². The predicted octanol–water partition coefficient (Wildman–Crippen LogP) is 4.42. The van der Waals surface area contributed by atoms with Crippen LogP contribution in [0.25, 0.3) is 0 Å². The number of rotatable bonds is 9. The van der Waals surface area contributed by atoms with Gasteiger partial charge in [0.2, 0.25) is 0 Å². The number of carbonyl (C=O) groups excluding carboxylic acids is 2. The molecular weight excluding hydrogens is 392 g/mol. The largest absolute Gasteiger partial charge is 0.494 e. The zero-order chi connectivity index (χ0) is 21.9. The van der Waals surface area contributed by atoms with Crippen molar-refractivity contribution in [3.05, 3.63) is 54.4 Å². The standard InChI is InChI=1S/C24H32N4O3/c1-2-3-4-5-6-18-31-22-11-9-20(10-12-22)23(29)27-14-16-28(17-15-27)24(30)26-21-8-7-13-25-19-21/h7-13,19H,2-6,14-18H2,1H3,(H,26,30). The van der Waals surface area contributed by atoms with Crippen LogP contribution in [0.3, 0.4) is 0 Å². The van der Waals surface area contributed by atoms with Gasteiger partial charge in [-0.05, 0) is 42.8 Å². The van der Waals surface area contributed by atoms with Gasteiger partial charge < -0.3 is 19.9 Å². The van der Waals surface area contributed by atoms with Gasteiger partial charge in [-0.1, -0.05) is 32.6 Å². The molecule has 0 bridgehead atoms. The molecule has 1 aromatic heterocycles. The van der Waals surface area contributed by atoms with Crippen LogP contribution in [0.15, 0.2) is 48.8 Å². The number of ether oxygens (including phenoxy) is 1. The van der Waals surface area contributed by atoms with E-state index in [9.17, 15) is 9.59 Å². The smallest absolute Gasteiger partial charge is 0.322 e. The summed E-state index contributed by atoms with van der Waals surface area (Å²) in [6.45, 7) is 4.93. The van der Waals surface area contributed by atoms with Crippen LogP contribution < -0.4 is 10.1 Å². The zero-order valence-corrected chi connectivity index (χ0v) is 18.3. The van der Waals surface area contributed by atoms with E-state index in [-0.39, 0.29) is 11.9 Å². The van der Waals surface area contributed by atoms with Crippen molar-refractivity contribution in [2.45, 2.75) is 39.0 Å². The predicted molar refractivity (Wildman–Crippen MR) is 121 cm³/mol. The number of piperazine rings is 1. The Morgan fingerprint density at radius 2 is 1.68 bits per heavy atom. The summed E-state index contributed by atoms with van der Waals surface area (Å²) in [5, 5.41) is 2.83. The quantitative estimate of drug-likeness (QED) is 0.605. The molecule has 166 valence electrons. The number of nitrogens with one attached hydrogen (secondary N) is 1. The first-order valence-electron chi connectivity index (χ1n) is 11.2. The number of amides is 3. The summed E-state index contributed by atoms with van der Waals surface area (Å²) >= 11 is 0. The van der Waals surface area contributed by atoms with Crippen LogP contribution in [-0.2, 0) is 0 Å². The molecule has 2 heterocycles. The van der Waals surface area contributed by atoms with E-state index in [1.807, 2.05) is 24.3 Å². The fourth-order valence-corrected chi connectivity index (χ4v) is 3.52. The fourth-order valence-electron chi connectivity index (χ4n) is 3.52. The summed E-state index contributed by atoms with van der Waals surface area (Å²) < 4.78 is 5.78. The highest BCUT2D eigenvalue weighted by Crippen LogP contribution is 2.16. The van der Waals surface area contributed by atoms with Crippen molar-refractivity contribution >= 4 is 17.6 Å². The minimum absolute atomic E-state index is 0.0153. The van der Waals surface area contributed by atoms with Gasteiger partial charge in [-0.2, -0.15) is 0 Å². The molecule has 1 saturated heterocycles. The second-order valence-electron chi connectivity index (χ2n) is 7.74. The van der Waals surface area contributed by atoms with Crippen LogP contribution in [0.4, 0.5) is 10.5 Å². The molecule has 0 spiro atoms. The maximum absolute atomic E-state index is 12.8. The summed E-state index contributed by atoms with van der Waals surface area (Å²) in [5.74, 6) is 0.780. The van der Waals surface area contributed by atoms with Gasteiger partial charge in [-0.3, -0.25) is 9.78 Å². The molecule has 7 nitrogen and oxygen atoms in total. The van der Waals surface area contributed by atoms with Crippen molar-refractivity contribution in [1.82, 2.24) is 14.8 Å². The van der Waals surface area contributed by atoms with E-state index < -0.39 is 0 Å². The van der Waals surface area contributed by atoms with Gasteiger partial charge in [0.05, 0.1) is 18.5 Å². The molecule has 31 heavy (non-hydrogen) atoms. The lowest BCUT2D eigenvalue weighted by Gasteiger charge is -2.34. The van der Waals surface area contributed by atoms with Gasteiger partial charge in [0, 0.05) is 37.9 Å². The SMILES string of the molecule is CCCCCCCOc1ccc(C(=O)N2CCN(C(=O)Nc3cccnc3)CC2)cc1. The summed E-state index contributed by atoms with van der Waals surface area (Å²) in [7, 11) is 0. The van der Waals surface area contributed by atoms with E-state index >= 15 is 0 Å². The number of benzene rings is 1. The van der Waals surface area contributed by atoms with E-state index in [4.69, 9.17) is 4.74 Å². The molecule has 1 aliphatic heterocycles. The van der Waals surface area contributed by atoms with Crippen LogP contribution in [0.5, 0.6) is 5.75 Å². The Balaban J connectivity index is 1.41. The minimum atomic E-state index is -0.170. The van der Waals surface area contributed by atoms with Gasteiger partial charge in [0.15, 0.2) is 0 Å². The third-order valence-electron chi connectivity index (χ3n) is 5.38. The topological polar surface area (TPSA) is 74.8 Å². The van der Waals surface area contributed by atoms with E-state index in [1.165, 1.54) is 25.7 Å². The van der Waals surface area contributed by atoms with Crippen LogP contribution in [-0.4, -0.2) is 59.5 Å². The van der Waals surface area contributed by atoms with Gasteiger partial charge in [0.25, 0.3) is 5.91 Å². The van der Waals surface area contributed by atoms with Crippen molar-refractivity contribution in [3.8, 4) is 5.75 Å². The molecule has 0 atom stereocenters. The molecule has 7 heteroatoms. The van der Waals surface area contributed by atoms with Crippen molar-refractivity contribution in [2.24, 2.45) is 0 Å². The Morgan fingerprint density at radius 1 is 0.968 bits per heavy atom. The number of hydrogen-bond acceptors (Lipinski definition) is 4. The average molecular weight is 425 g/mol. The maximum Gasteiger partial charge on any atom is 0.322 e. The lowest BCUT2D eigenvalue weighted by Crippen LogP contribution is -2.51. The molecule has 1 fully saturated rings. The Kier molecular flexibility index (Phi) is 8.70. The molecule has 0 aliphatic carbocycles. The Labute approximate surface area is 184 Å². The van der Waals surface area contributed by atoms with Crippen LogP contribution in [0.1, 0.15) is 49.4 Å². The normalized spacial score (nSPS) is 13.7. The maximum atomic E-state index is 12.8. The van der Waals surface area contributed by atoms with Crippen molar-refractivity contribution in [3.63, 3.8) is 0 Å². The van der Waals surface area contributed by atoms with Gasteiger partial charge in [-0.25, -0.2) is 4.79 Å². The first-order valence-corrected chi connectivity index (χ1v) is 11.2. The fraction of sp³-hybridized carbons (Fsp3) is 0.458. The number of hydrogen-bond donors (Lipinski definition) is 1. The second-order valence-corrected chi connectivity index (χ2v) is 7.74. The second kappa shape index (κ2) is 11.9. The third-order valence-corrected chi connectivity index (χ3v) is 5.38. The summed E-state index contributed by atoms with van der Waals surface area (Å²) in [4.78, 5) is 32.7. The number of urea groups is 1. The molecule has 2 aromatic rings. The average Bonchev–Trinajstić information content (AvgIpc) is 2.82. The Hall–Kier alpha value is -3.09. The molecule has 0 unspecified atom stereocenters. The summed E-state index contributed by atoms with van der Waals surface area (Å²) in [5.41, 5.74) is 1.30. The number of nitrogens with zero attached hydrogens (tertiary/aromatic N) is 3. The summed E-state index contributed by atoms with van der Waals surface area (Å²) in [6, 6.07) is 10.7. The van der Waals surface area contributed by atoms with E-state index in [0.717, 1.165) is 12.2 Å². The van der Waals surface area contributed by atoms with Crippen molar-refractivity contribution in [1.29, 1.82) is 0 Å². The molecule has 1 aliphatic rings. The zero-order valence-electron chi connectivity index (χ0n) is 18.3. The molecule has 0 radical (unpaired) electrons. The van der Waals surface area contributed by atoms with Crippen LogP contribution >= 0.6 is 0 Å². The highest BCUT2D eigenvalue weighted by molar-refractivity contribution is 5.94. The molecule has 0 saturated carbocycles. The highest BCUT2D eigenvalue weighted by Gasteiger charge is 2.25. The molecule has 1 N–H and O–H groups in total. The monoisotopic (exact) mass is 424 g/mol. The van der Waals surface area contributed by atoms with E-state index in [1.54, 1.807) is 34.3 Å². The van der Waals surface area contributed by atoms with Gasteiger partial charge >= 0.3 is 6.03 Å². The van der Waals surface area contributed by atoms with Crippen LogP contribution in [0.2, 0.25) is 0 Å². The van der Waals surface area contributed by atoms with Crippen molar-refractivity contribution < 1.29 is 14.3 Å². The third kappa shape index (κ3) is 6.98. The molecular formula is C24H32N4O3. The first-order chi connectivity index (χ1) is 15.2. The number of aromatic nitrogens is 1. The number of unbranched alkanes of at least 4 members (excludes halogenated alkanes) is 4. The van der Waals surface area contributed by atoms with Crippen molar-refractivity contribution in [2.75, 3.05) is 38.1 Å². The molecule has 3 amide bonds. The molecule has 1 aromatic carbocycles. The van der Waals surface area contributed by atoms with E-state index in [2.05, 4.69) is 17.2 Å². The van der Waals surface area contributed by atoms with Gasteiger partial charge in [0.1, 0.15) is 5.75 Å². The molecule has 3 rings (SSSR count). The number of anilines is 1. The highest BCUT2D eigenvalue weighted by atomic mass is 16.5. The lowest BCUT2D eigenvalue weighted by molar-refractivity contribution is 0.0671. The number of carbonyl (C=O) groups is 2. The van der Waals surface area contributed by atoms with Crippen LogP contribution in [0, 0.1) is 0 Å². The lowest BCUT2D eigenvalue weighted by atomic mass is 10.1. The first kappa shape index (κ1) is 22.6. The van der Waals surface area contributed by atoms with Gasteiger partial charge in [-0.15, -0.1) is 0 Å².